The summed E-state index contributed by atoms with van der Waals surface area (Å²) in [5.74, 6) is -0.596. The average molecular weight is 971 g/mol. The fourth-order valence-electron chi connectivity index (χ4n) is 9.43. The SMILES string of the molecule is CCCCCCCC/C=C/CC/C=C/CC/C=C/CCCC(O)C(O)C(CO)NC(=O)C(O)CCCCCCCCCCCCCCCCCC/C=C\CCCCCCCCCCCCCCCC. The number of rotatable bonds is 56. The van der Waals surface area contributed by atoms with Gasteiger partial charge in [-0.05, 0) is 89.9 Å². The first-order valence-corrected chi connectivity index (χ1v) is 30.5. The Balaban J connectivity index is 3.61. The van der Waals surface area contributed by atoms with Crippen LogP contribution in [0.2, 0.25) is 0 Å². The molecule has 0 radical (unpaired) electrons. The highest BCUT2D eigenvalue weighted by Gasteiger charge is 2.28. The zero-order valence-electron chi connectivity index (χ0n) is 46.1. The van der Waals surface area contributed by atoms with Gasteiger partial charge in [-0.2, -0.15) is 0 Å². The molecule has 4 unspecified atom stereocenters. The summed E-state index contributed by atoms with van der Waals surface area (Å²) in [4.78, 5) is 12.6. The van der Waals surface area contributed by atoms with Crippen molar-refractivity contribution in [2.75, 3.05) is 6.61 Å². The van der Waals surface area contributed by atoms with Crippen LogP contribution in [0.3, 0.4) is 0 Å². The summed E-state index contributed by atoms with van der Waals surface area (Å²) in [5, 5.41) is 44.0. The van der Waals surface area contributed by atoms with Crippen molar-refractivity contribution in [3.05, 3.63) is 48.6 Å². The molecule has 6 nitrogen and oxygen atoms in total. The summed E-state index contributed by atoms with van der Waals surface area (Å²) in [6.07, 6.45) is 73.5. The standard InChI is InChI=1S/C63H119NO5/c1-3-5-7-9-11-13-15-17-19-21-23-24-25-26-27-28-29-30-31-32-33-34-35-36-37-39-41-43-45-47-49-51-53-55-57-61(67)63(69)64-59(58-65)62(68)60(66)56-54-52-50-48-46-44-42-40-38-22-20-18-16-14-12-10-8-6-4-2/h18,20,28-29,40,42,48,50,59-62,65-68H,3-17,19,21-27,30-39,41,43-47,49,51-58H2,1-2H3,(H,64,69)/b20-18+,29-28-,42-40+,50-48+. The summed E-state index contributed by atoms with van der Waals surface area (Å²) < 4.78 is 0. The molecule has 0 heterocycles. The zero-order chi connectivity index (χ0) is 50.2. The predicted octanol–water partition coefficient (Wildman–Crippen LogP) is 18.1. The number of hydrogen-bond donors (Lipinski definition) is 5. The number of aliphatic hydroxyl groups excluding tert-OH is 4. The van der Waals surface area contributed by atoms with Crippen LogP contribution in [0.5, 0.6) is 0 Å². The number of hydrogen-bond acceptors (Lipinski definition) is 5. The number of nitrogens with one attached hydrogen (secondary N) is 1. The van der Waals surface area contributed by atoms with Crippen molar-refractivity contribution in [2.24, 2.45) is 0 Å². The lowest BCUT2D eigenvalue weighted by atomic mass is 10.00. The number of carbonyl (C=O) groups excluding carboxylic acids is 1. The minimum atomic E-state index is -1.29. The summed E-state index contributed by atoms with van der Waals surface area (Å²) in [6.45, 7) is 4.06. The second kappa shape index (κ2) is 57.2. The lowest BCUT2D eigenvalue weighted by Gasteiger charge is -2.27. The molecule has 0 saturated carbocycles. The van der Waals surface area contributed by atoms with E-state index in [4.69, 9.17) is 0 Å². The molecule has 0 aromatic carbocycles. The van der Waals surface area contributed by atoms with Gasteiger partial charge in [-0.3, -0.25) is 4.79 Å². The van der Waals surface area contributed by atoms with Gasteiger partial charge in [-0.15, -0.1) is 0 Å². The maximum absolute atomic E-state index is 12.6. The van der Waals surface area contributed by atoms with Gasteiger partial charge >= 0.3 is 0 Å². The molecule has 0 aliphatic carbocycles. The fraction of sp³-hybridized carbons (Fsp3) is 0.857. The molecule has 0 aromatic heterocycles. The van der Waals surface area contributed by atoms with Crippen molar-refractivity contribution in [1.29, 1.82) is 0 Å². The molecule has 0 saturated heterocycles. The summed E-state index contributed by atoms with van der Waals surface area (Å²) in [7, 11) is 0. The summed E-state index contributed by atoms with van der Waals surface area (Å²) in [5.41, 5.74) is 0. The Morgan fingerprint density at radius 3 is 0.913 bits per heavy atom. The highest BCUT2D eigenvalue weighted by molar-refractivity contribution is 5.80. The van der Waals surface area contributed by atoms with Crippen LogP contribution in [0, 0.1) is 0 Å². The first-order valence-electron chi connectivity index (χ1n) is 30.5. The van der Waals surface area contributed by atoms with E-state index in [-0.39, 0.29) is 0 Å². The van der Waals surface area contributed by atoms with Gasteiger partial charge in [0, 0.05) is 0 Å². The van der Waals surface area contributed by atoms with Crippen LogP contribution in [0.25, 0.3) is 0 Å². The second-order valence-corrected chi connectivity index (χ2v) is 21.0. The van der Waals surface area contributed by atoms with Crippen LogP contribution in [0.15, 0.2) is 48.6 Å². The molecule has 0 aliphatic heterocycles. The third kappa shape index (κ3) is 51.0. The molecule has 406 valence electrons. The van der Waals surface area contributed by atoms with E-state index in [0.29, 0.717) is 19.3 Å². The summed E-state index contributed by atoms with van der Waals surface area (Å²) >= 11 is 0. The Morgan fingerprint density at radius 2 is 0.609 bits per heavy atom. The highest BCUT2D eigenvalue weighted by atomic mass is 16.3. The summed E-state index contributed by atoms with van der Waals surface area (Å²) in [6, 6.07) is -1.01. The minimum Gasteiger partial charge on any atom is -0.394 e. The van der Waals surface area contributed by atoms with Gasteiger partial charge in [0.15, 0.2) is 0 Å². The van der Waals surface area contributed by atoms with Gasteiger partial charge in [-0.25, -0.2) is 0 Å². The Morgan fingerprint density at radius 1 is 0.348 bits per heavy atom. The van der Waals surface area contributed by atoms with Crippen LogP contribution in [0.1, 0.15) is 316 Å². The normalized spacial score (nSPS) is 14.0. The Bertz CT molecular complexity index is 1130. The van der Waals surface area contributed by atoms with Crippen molar-refractivity contribution in [1.82, 2.24) is 5.32 Å². The largest absolute Gasteiger partial charge is 0.394 e. The number of unbranched alkanes of at least 4 members (excludes halogenated alkanes) is 39. The highest BCUT2D eigenvalue weighted by Crippen LogP contribution is 2.17. The molecular formula is C63H119NO5. The van der Waals surface area contributed by atoms with Gasteiger partial charge in [0.1, 0.15) is 12.2 Å². The molecule has 1 amide bonds. The van der Waals surface area contributed by atoms with Gasteiger partial charge in [0.25, 0.3) is 0 Å². The molecule has 6 heteroatoms. The van der Waals surface area contributed by atoms with Crippen LogP contribution >= 0.6 is 0 Å². The smallest absolute Gasteiger partial charge is 0.249 e. The van der Waals surface area contributed by atoms with Gasteiger partial charge in [0.05, 0.1) is 18.8 Å². The molecule has 69 heavy (non-hydrogen) atoms. The van der Waals surface area contributed by atoms with Crippen LogP contribution in [-0.4, -0.2) is 57.3 Å². The molecular weight excluding hydrogens is 851 g/mol. The third-order valence-electron chi connectivity index (χ3n) is 14.2. The Labute approximate surface area is 429 Å². The second-order valence-electron chi connectivity index (χ2n) is 21.0. The van der Waals surface area contributed by atoms with Crippen molar-refractivity contribution < 1.29 is 25.2 Å². The first-order chi connectivity index (χ1) is 34.0. The zero-order valence-corrected chi connectivity index (χ0v) is 46.1. The van der Waals surface area contributed by atoms with E-state index in [1.54, 1.807) is 0 Å². The molecule has 0 aromatic rings. The number of carbonyl (C=O) groups is 1. The molecule has 0 aliphatic rings. The van der Waals surface area contributed by atoms with Crippen LogP contribution < -0.4 is 5.32 Å². The van der Waals surface area contributed by atoms with E-state index in [0.717, 1.165) is 51.4 Å². The molecule has 0 bridgehead atoms. The lowest BCUT2D eigenvalue weighted by molar-refractivity contribution is -0.132. The Kier molecular flexibility index (Phi) is 55.7. The van der Waals surface area contributed by atoms with Gasteiger partial charge in [-0.1, -0.05) is 274 Å². The van der Waals surface area contributed by atoms with E-state index < -0.39 is 36.9 Å². The monoisotopic (exact) mass is 970 g/mol. The number of amides is 1. The van der Waals surface area contributed by atoms with E-state index in [2.05, 4.69) is 67.8 Å². The van der Waals surface area contributed by atoms with Crippen LogP contribution in [-0.2, 0) is 4.79 Å². The molecule has 5 N–H and O–H groups in total. The predicted molar refractivity (Wildman–Crippen MR) is 302 cm³/mol. The minimum absolute atomic E-state index is 0.360. The molecule has 0 rings (SSSR count). The number of aliphatic hydroxyl groups is 4. The van der Waals surface area contributed by atoms with Crippen molar-refractivity contribution in [3.8, 4) is 0 Å². The van der Waals surface area contributed by atoms with Gasteiger partial charge in [0.2, 0.25) is 5.91 Å². The topological polar surface area (TPSA) is 110 Å². The van der Waals surface area contributed by atoms with Gasteiger partial charge < -0.3 is 25.7 Å². The first kappa shape index (κ1) is 67.3. The average Bonchev–Trinajstić information content (AvgIpc) is 3.35. The fourth-order valence-corrected chi connectivity index (χ4v) is 9.43. The maximum atomic E-state index is 12.6. The van der Waals surface area contributed by atoms with E-state index in [1.165, 1.54) is 231 Å². The third-order valence-corrected chi connectivity index (χ3v) is 14.2. The van der Waals surface area contributed by atoms with E-state index in [9.17, 15) is 25.2 Å². The lowest BCUT2D eigenvalue weighted by Crippen LogP contribution is -2.53. The van der Waals surface area contributed by atoms with E-state index >= 15 is 0 Å². The molecule has 0 fully saturated rings. The molecule has 0 spiro atoms. The molecule has 4 atom stereocenters. The van der Waals surface area contributed by atoms with E-state index in [1.807, 2.05) is 0 Å². The van der Waals surface area contributed by atoms with Crippen LogP contribution in [0.4, 0.5) is 0 Å². The van der Waals surface area contributed by atoms with Crippen molar-refractivity contribution in [2.45, 2.75) is 340 Å². The van der Waals surface area contributed by atoms with Crippen molar-refractivity contribution in [3.63, 3.8) is 0 Å². The quantitative estimate of drug-likeness (QED) is 0.0308. The Hall–Kier alpha value is -1.73. The maximum Gasteiger partial charge on any atom is 0.249 e. The van der Waals surface area contributed by atoms with Crippen molar-refractivity contribution >= 4 is 5.91 Å². The number of allylic oxidation sites excluding steroid dienone is 8.